The Morgan fingerprint density at radius 2 is 1.74 bits per heavy atom. The van der Waals surface area contributed by atoms with E-state index in [-0.39, 0.29) is 30.6 Å². The van der Waals surface area contributed by atoms with E-state index in [4.69, 9.17) is 0 Å². The van der Waals surface area contributed by atoms with E-state index in [1.165, 1.54) is 18.2 Å². The molecule has 3 rings (SSSR count). The average Bonchev–Trinajstić information content (AvgIpc) is 3.03. The van der Waals surface area contributed by atoms with Crippen LogP contribution in [-0.4, -0.2) is 23.3 Å². The molecule has 0 radical (unpaired) electrons. The number of likely N-dealkylation sites (tertiary alicyclic amines) is 1. The van der Waals surface area contributed by atoms with Gasteiger partial charge in [0.05, 0.1) is 23.2 Å². The van der Waals surface area contributed by atoms with E-state index < -0.39 is 23.6 Å². The molecule has 2 atom stereocenters. The Bertz CT molecular complexity index is 837. The number of benzene rings is 2. The quantitative estimate of drug-likeness (QED) is 0.867. The Hall–Kier alpha value is -2.83. The summed E-state index contributed by atoms with van der Waals surface area (Å²) in [4.78, 5) is 26.4. The van der Waals surface area contributed by atoms with Gasteiger partial charge < -0.3 is 10.2 Å². The number of hydrogen-bond donors (Lipinski definition) is 1. The summed E-state index contributed by atoms with van der Waals surface area (Å²) in [6.07, 6.45) is -4.58. The van der Waals surface area contributed by atoms with Crippen LogP contribution in [0.15, 0.2) is 54.6 Å². The first-order valence-corrected chi connectivity index (χ1v) is 8.59. The number of hydrogen-bond acceptors (Lipinski definition) is 2. The summed E-state index contributed by atoms with van der Waals surface area (Å²) in [5.41, 5.74) is -0.261. The summed E-state index contributed by atoms with van der Waals surface area (Å²) < 4.78 is 39.2. The predicted octanol–water partition coefficient (Wildman–Crippen LogP) is 4.25. The Labute approximate surface area is 155 Å². The van der Waals surface area contributed by atoms with Gasteiger partial charge in [0.1, 0.15) is 0 Å². The van der Waals surface area contributed by atoms with Gasteiger partial charge in [-0.2, -0.15) is 13.2 Å². The highest BCUT2D eigenvalue weighted by Crippen LogP contribution is 2.35. The van der Waals surface area contributed by atoms with E-state index in [9.17, 15) is 22.8 Å². The first-order chi connectivity index (χ1) is 12.8. The molecule has 1 aliphatic heterocycles. The van der Waals surface area contributed by atoms with Crippen molar-refractivity contribution in [2.24, 2.45) is 5.92 Å². The minimum absolute atomic E-state index is 0.0167. The fourth-order valence-electron chi connectivity index (χ4n) is 3.27. The van der Waals surface area contributed by atoms with Crippen LogP contribution < -0.4 is 5.32 Å². The molecule has 142 valence electrons. The van der Waals surface area contributed by atoms with E-state index in [0.29, 0.717) is 0 Å². The molecule has 1 saturated heterocycles. The molecule has 7 heteroatoms. The van der Waals surface area contributed by atoms with Gasteiger partial charge >= 0.3 is 6.18 Å². The van der Waals surface area contributed by atoms with Crippen LogP contribution in [0.4, 0.5) is 18.9 Å². The Kier molecular flexibility index (Phi) is 5.21. The summed E-state index contributed by atoms with van der Waals surface area (Å²) in [5, 5.41) is 2.34. The number of nitrogens with one attached hydrogen (secondary N) is 1. The third-order valence-corrected chi connectivity index (χ3v) is 4.77. The van der Waals surface area contributed by atoms with Crippen molar-refractivity contribution in [1.29, 1.82) is 0 Å². The fraction of sp³-hybridized carbons (Fsp3) is 0.300. The first-order valence-electron chi connectivity index (χ1n) is 8.59. The predicted molar refractivity (Wildman–Crippen MR) is 94.8 cm³/mol. The molecule has 0 aromatic heterocycles. The van der Waals surface area contributed by atoms with Crippen molar-refractivity contribution in [2.45, 2.75) is 25.6 Å². The third kappa shape index (κ3) is 4.13. The lowest BCUT2D eigenvalue weighted by Crippen LogP contribution is -2.30. The molecular weight excluding hydrogens is 357 g/mol. The van der Waals surface area contributed by atoms with E-state index in [1.54, 1.807) is 4.90 Å². The van der Waals surface area contributed by atoms with E-state index in [1.807, 2.05) is 37.3 Å². The lowest BCUT2D eigenvalue weighted by atomic mass is 10.1. The third-order valence-electron chi connectivity index (χ3n) is 4.77. The molecule has 1 N–H and O–H groups in total. The number of carbonyl (C=O) groups is 2. The van der Waals surface area contributed by atoms with Crippen molar-refractivity contribution in [1.82, 2.24) is 4.90 Å². The van der Waals surface area contributed by atoms with Gasteiger partial charge in [0.2, 0.25) is 11.8 Å². The fourth-order valence-corrected chi connectivity index (χ4v) is 3.27. The van der Waals surface area contributed by atoms with Gasteiger partial charge in [0.25, 0.3) is 0 Å². The zero-order chi connectivity index (χ0) is 19.6. The zero-order valence-electron chi connectivity index (χ0n) is 14.7. The van der Waals surface area contributed by atoms with Crippen molar-refractivity contribution >= 4 is 17.5 Å². The molecule has 0 aliphatic carbocycles. The van der Waals surface area contributed by atoms with Gasteiger partial charge in [-0.15, -0.1) is 0 Å². The van der Waals surface area contributed by atoms with Gasteiger partial charge in [-0.25, -0.2) is 0 Å². The number of nitrogens with zero attached hydrogens (tertiary/aromatic N) is 1. The Morgan fingerprint density at radius 3 is 2.41 bits per heavy atom. The van der Waals surface area contributed by atoms with Gasteiger partial charge in [0, 0.05) is 13.0 Å². The maximum Gasteiger partial charge on any atom is 0.418 e. The average molecular weight is 376 g/mol. The van der Waals surface area contributed by atoms with E-state index in [0.717, 1.165) is 11.6 Å². The van der Waals surface area contributed by atoms with Gasteiger partial charge in [-0.05, 0) is 24.6 Å². The van der Waals surface area contributed by atoms with Crippen molar-refractivity contribution in [3.63, 3.8) is 0 Å². The summed E-state index contributed by atoms with van der Waals surface area (Å²) in [7, 11) is 0. The maximum atomic E-state index is 13.1. The standard InChI is InChI=1S/C20H19F3N2O2/c1-13(14-7-3-2-4-8-14)25-12-15(11-18(25)26)19(27)24-17-10-6-5-9-16(17)20(21,22)23/h2-10,13,15H,11-12H2,1H3,(H,24,27)/t13-,15-/m1/s1. The smallest absolute Gasteiger partial charge is 0.335 e. The zero-order valence-corrected chi connectivity index (χ0v) is 14.7. The first kappa shape index (κ1) is 18.9. The maximum absolute atomic E-state index is 13.1. The topological polar surface area (TPSA) is 49.4 Å². The van der Waals surface area contributed by atoms with Crippen molar-refractivity contribution in [2.75, 3.05) is 11.9 Å². The monoisotopic (exact) mass is 376 g/mol. The second-order valence-corrected chi connectivity index (χ2v) is 6.57. The number of alkyl halides is 3. The second-order valence-electron chi connectivity index (χ2n) is 6.57. The molecular formula is C20H19F3N2O2. The highest BCUT2D eigenvalue weighted by Gasteiger charge is 2.38. The minimum Gasteiger partial charge on any atom is -0.335 e. The molecule has 1 fully saturated rings. The van der Waals surface area contributed by atoms with Crippen LogP contribution in [0.1, 0.15) is 30.5 Å². The molecule has 0 unspecified atom stereocenters. The molecule has 2 aromatic carbocycles. The summed E-state index contributed by atoms with van der Waals surface area (Å²) in [6, 6.07) is 14.0. The lowest BCUT2D eigenvalue weighted by Gasteiger charge is -2.25. The second kappa shape index (κ2) is 7.42. The Balaban J connectivity index is 1.72. The summed E-state index contributed by atoms with van der Waals surface area (Å²) in [5.74, 6) is -1.46. The SMILES string of the molecule is C[C@H](c1ccccc1)N1C[C@H](C(=O)Nc2ccccc2C(F)(F)F)CC1=O. The molecule has 0 saturated carbocycles. The van der Waals surface area contributed by atoms with Gasteiger partial charge in [-0.1, -0.05) is 42.5 Å². The van der Waals surface area contributed by atoms with Crippen LogP contribution in [0.3, 0.4) is 0 Å². The van der Waals surface area contributed by atoms with Crippen LogP contribution in [0.2, 0.25) is 0 Å². The van der Waals surface area contributed by atoms with Crippen molar-refractivity contribution in [3.05, 3.63) is 65.7 Å². The highest BCUT2D eigenvalue weighted by atomic mass is 19.4. The number of carbonyl (C=O) groups excluding carboxylic acids is 2. The molecule has 1 heterocycles. The van der Waals surface area contributed by atoms with E-state index in [2.05, 4.69) is 5.32 Å². The lowest BCUT2D eigenvalue weighted by molar-refractivity contribution is -0.137. The van der Waals surface area contributed by atoms with Crippen molar-refractivity contribution < 1.29 is 22.8 Å². The van der Waals surface area contributed by atoms with Crippen LogP contribution in [0.25, 0.3) is 0 Å². The largest absolute Gasteiger partial charge is 0.418 e. The highest BCUT2D eigenvalue weighted by molar-refractivity contribution is 5.97. The van der Waals surface area contributed by atoms with Crippen LogP contribution >= 0.6 is 0 Å². The summed E-state index contributed by atoms with van der Waals surface area (Å²) in [6.45, 7) is 2.04. The van der Waals surface area contributed by atoms with Crippen LogP contribution in [0.5, 0.6) is 0 Å². The number of anilines is 1. The number of rotatable bonds is 4. The Morgan fingerprint density at radius 1 is 1.11 bits per heavy atom. The molecule has 0 spiro atoms. The number of para-hydroxylation sites is 1. The number of amides is 2. The molecule has 1 aliphatic rings. The number of halogens is 3. The van der Waals surface area contributed by atoms with Crippen molar-refractivity contribution in [3.8, 4) is 0 Å². The van der Waals surface area contributed by atoms with Gasteiger partial charge in [-0.3, -0.25) is 9.59 Å². The molecule has 4 nitrogen and oxygen atoms in total. The van der Waals surface area contributed by atoms with Gasteiger partial charge in [0.15, 0.2) is 0 Å². The van der Waals surface area contributed by atoms with E-state index >= 15 is 0 Å². The molecule has 0 bridgehead atoms. The molecule has 2 amide bonds. The molecule has 2 aromatic rings. The van der Waals surface area contributed by atoms with Crippen LogP contribution in [0, 0.1) is 5.92 Å². The normalized spacial score (nSPS) is 18.4. The minimum atomic E-state index is -4.57. The van der Waals surface area contributed by atoms with Crippen LogP contribution in [-0.2, 0) is 15.8 Å². The summed E-state index contributed by atoms with van der Waals surface area (Å²) >= 11 is 0. The molecule has 27 heavy (non-hydrogen) atoms.